The molecule has 4 nitrogen and oxygen atoms in total. The summed E-state index contributed by atoms with van der Waals surface area (Å²) in [4.78, 5) is 21.8. The van der Waals surface area contributed by atoms with E-state index in [0.29, 0.717) is 10.7 Å². The van der Waals surface area contributed by atoms with E-state index in [1.807, 2.05) is 29.6 Å². The molecule has 0 spiro atoms. The number of hydrogen-bond acceptors (Lipinski definition) is 5. The number of thiophene rings is 1. The summed E-state index contributed by atoms with van der Waals surface area (Å²) in [5.41, 5.74) is 2.44. The maximum Gasteiger partial charge on any atom is 0.234 e. The Hall–Kier alpha value is -2.48. The maximum atomic E-state index is 13.3. The third kappa shape index (κ3) is 4.16. The van der Waals surface area contributed by atoms with Crippen molar-refractivity contribution in [3.63, 3.8) is 0 Å². The minimum absolute atomic E-state index is 0.151. The largest absolute Gasteiger partial charge is 0.325 e. The van der Waals surface area contributed by atoms with Crippen LogP contribution in [0, 0.1) is 5.82 Å². The first-order valence-electron chi connectivity index (χ1n) is 8.26. The Balaban J connectivity index is 1.56. The van der Waals surface area contributed by atoms with Gasteiger partial charge in [-0.25, -0.2) is 14.4 Å². The highest BCUT2D eigenvalue weighted by atomic mass is 35.5. The van der Waals surface area contributed by atoms with E-state index in [1.165, 1.54) is 41.6 Å². The van der Waals surface area contributed by atoms with Gasteiger partial charge >= 0.3 is 0 Å². The zero-order valence-corrected chi connectivity index (χ0v) is 16.7. The molecule has 0 unspecified atom stereocenters. The molecule has 0 aliphatic carbocycles. The fourth-order valence-electron chi connectivity index (χ4n) is 2.70. The van der Waals surface area contributed by atoms with Crippen molar-refractivity contribution in [1.29, 1.82) is 0 Å². The highest BCUT2D eigenvalue weighted by Gasteiger charge is 2.15. The van der Waals surface area contributed by atoms with Crippen LogP contribution < -0.4 is 5.32 Å². The van der Waals surface area contributed by atoms with E-state index in [-0.39, 0.29) is 11.7 Å². The van der Waals surface area contributed by atoms with Gasteiger partial charge in [-0.15, -0.1) is 11.3 Å². The number of rotatable bonds is 5. The molecule has 0 radical (unpaired) electrons. The average Bonchev–Trinajstić information content (AvgIpc) is 3.12. The predicted molar refractivity (Wildman–Crippen MR) is 114 cm³/mol. The summed E-state index contributed by atoms with van der Waals surface area (Å²) in [5, 5.41) is 7.03. The van der Waals surface area contributed by atoms with E-state index in [1.54, 1.807) is 12.1 Å². The van der Waals surface area contributed by atoms with Gasteiger partial charge in [0, 0.05) is 21.7 Å². The van der Waals surface area contributed by atoms with Gasteiger partial charge in [-0.05, 0) is 35.9 Å². The van der Waals surface area contributed by atoms with Gasteiger partial charge in [0.05, 0.1) is 11.1 Å². The number of hydrogen-bond donors (Lipinski definition) is 1. The number of carbonyl (C=O) groups excluding carboxylic acids is 1. The Morgan fingerprint density at radius 3 is 2.79 bits per heavy atom. The van der Waals surface area contributed by atoms with E-state index in [2.05, 4.69) is 15.3 Å². The molecule has 2 heterocycles. The summed E-state index contributed by atoms with van der Waals surface area (Å²) in [6, 6.07) is 13.4. The van der Waals surface area contributed by atoms with Crippen LogP contribution in [0.5, 0.6) is 0 Å². The van der Waals surface area contributed by atoms with Gasteiger partial charge in [-0.1, -0.05) is 41.6 Å². The van der Waals surface area contributed by atoms with Crippen molar-refractivity contribution in [2.45, 2.75) is 5.03 Å². The van der Waals surface area contributed by atoms with Gasteiger partial charge in [-0.3, -0.25) is 4.79 Å². The van der Waals surface area contributed by atoms with Crippen LogP contribution in [0.1, 0.15) is 0 Å². The van der Waals surface area contributed by atoms with E-state index < -0.39 is 5.82 Å². The Labute approximate surface area is 173 Å². The average molecular weight is 430 g/mol. The maximum absolute atomic E-state index is 13.3. The van der Waals surface area contributed by atoms with Crippen LogP contribution in [-0.2, 0) is 4.79 Å². The van der Waals surface area contributed by atoms with Crippen LogP contribution in [-0.4, -0.2) is 21.6 Å². The molecule has 28 heavy (non-hydrogen) atoms. The van der Waals surface area contributed by atoms with E-state index in [0.717, 1.165) is 26.4 Å². The summed E-state index contributed by atoms with van der Waals surface area (Å²) in [7, 11) is 0. The first-order valence-corrected chi connectivity index (χ1v) is 10.5. The predicted octanol–water partition coefficient (Wildman–Crippen LogP) is 5.88. The molecule has 2 aromatic heterocycles. The van der Waals surface area contributed by atoms with Crippen LogP contribution in [0.4, 0.5) is 10.1 Å². The number of carbonyl (C=O) groups is 1. The molecule has 8 heteroatoms. The number of halogens is 2. The zero-order chi connectivity index (χ0) is 19.5. The second kappa shape index (κ2) is 8.26. The van der Waals surface area contributed by atoms with Crippen molar-refractivity contribution < 1.29 is 9.18 Å². The molecule has 0 fully saturated rings. The SMILES string of the molecule is O=C(CSc1ncnc2scc(-c3ccc(Cl)cc3)c12)Nc1cccc(F)c1. The Morgan fingerprint density at radius 2 is 2.00 bits per heavy atom. The molecule has 0 aliphatic rings. The monoisotopic (exact) mass is 429 g/mol. The number of thioether (sulfide) groups is 1. The molecule has 4 aromatic rings. The summed E-state index contributed by atoms with van der Waals surface area (Å²) < 4.78 is 13.3. The van der Waals surface area contributed by atoms with Crippen molar-refractivity contribution in [2.24, 2.45) is 0 Å². The lowest BCUT2D eigenvalue weighted by Gasteiger charge is -2.07. The summed E-state index contributed by atoms with van der Waals surface area (Å²) in [6.07, 6.45) is 1.50. The van der Waals surface area contributed by atoms with Gasteiger partial charge < -0.3 is 5.32 Å². The highest BCUT2D eigenvalue weighted by molar-refractivity contribution is 8.00. The molecular formula is C20H13ClFN3OS2. The topological polar surface area (TPSA) is 54.9 Å². The van der Waals surface area contributed by atoms with Crippen LogP contribution >= 0.6 is 34.7 Å². The quantitative estimate of drug-likeness (QED) is 0.318. The number of amides is 1. The molecule has 0 saturated heterocycles. The minimum Gasteiger partial charge on any atom is -0.325 e. The fraction of sp³-hybridized carbons (Fsp3) is 0.0500. The molecule has 2 aromatic carbocycles. The Morgan fingerprint density at radius 1 is 1.18 bits per heavy atom. The molecule has 1 N–H and O–H groups in total. The van der Waals surface area contributed by atoms with Crippen LogP contribution in [0.25, 0.3) is 21.3 Å². The number of benzene rings is 2. The first-order chi connectivity index (χ1) is 13.6. The van der Waals surface area contributed by atoms with Crippen molar-refractivity contribution >= 4 is 56.5 Å². The number of aromatic nitrogens is 2. The van der Waals surface area contributed by atoms with Gasteiger partial charge in [0.2, 0.25) is 5.91 Å². The lowest BCUT2D eigenvalue weighted by Crippen LogP contribution is -2.14. The van der Waals surface area contributed by atoms with Crippen LogP contribution in [0.2, 0.25) is 5.02 Å². The van der Waals surface area contributed by atoms with E-state index >= 15 is 0 Å². The number of anilines is 1. The summed E-state index contributed by atoms with van der Waals surface area (Å²) in [6.45, 7) is 0. The van der Waals surface area contributed by atoms with Crippen molar-refractivity contribution in [2.75, 3.05) is 11.1 Å². The van der Waals surface area contributed by atoms with E-state index in [4.69, 9.17) is 11.6 Å². The van der Waals surface area contributed by atoms with Gasteiger partial charge in [0.1, 0.15) is 22.0 Å². The third-order valence-electron chi connectivity index (χ3n) is 3.94. The van der Waals surface area contributed by atoms with Crippen LogP contribution in [0.15, 0.2) is 65.3 Å². The number of fused-ring (bicyclic) bond motifs is 1. The summed E-state index contributed by atoms with van der Waals surface area (Å²) in [5.74, 6) is -0.474. The normalized spacial score (nSPS) is 10.9. The molecular weight excluding hydrogens is 417 g/mol. The standard InChI is InChI=1S/C20H13ClFN3OS2/c21-13-6-4-12(5-7-13)16-9-27-19-18(16)20(24-11-23-19)28-10-17(26)25-15-3-1-2-14(22)8-15/h1-9,11H,10H2,(H,25,26). The molecule has 1 amide bonds. The molecule has 140 valence electrons. The second-order valence-corrected chi connectivity index (χ2v) is 8.12. The van der Waals surface area contributed by atoms with Crippen LogP contribution in [0.3, 0.4) is 0 Å². The van der Waals surface area contributed by atoms with Gasteiger partial charge in [0.15, 0.2) is 0 Å². The van der Waals surface area contributed by atoms with E-state index in [9.17, 15) is 9.18 Å². The lowest BCUT2D eigenvalue weighted by atomic mass is 10.1. The molecule has 0 atom stereocenters. The number of nitrogens with zero attached hydrogens (tertiary/aromatic N) is 2. The molecule has 0 bridgehead atoms. The van der Waals surface area contributed by atoms with Crippen molar-refractivity contribution in [3.05, 3.63) is 71.1 Å². The Kier molecular flexibility index (Phi) is 5.57. The van der Waals surface area contributed by atoms with Crippen molar-refractivity contribution in [1.82, 2.24) is 9.97 Å². The zero-order valence-electron chi connectivity index (χ0n) is 14.4. The first kappa shape index (κ1) is 18.9. The molecule has 0 saturated carbocycles. The Bertz CT molecular complexity index is 1150. The lowest BCUT2D eigenvalue weighted by molar-refractivity contribution is -0.113. The second-order valence-electron chi connectivity index (χ2n) is 5.86. The fourth-order valence-corrected chi connectivity index (χ4v) is 4.62. The number of nitrogens with one attached hydrogen (secondary N) is 1. The minimum atomic E-state index is -0.395. The van der Waals surface area contributed by atoms with Gasteiger partial charge in [0.25, 0.3) is 0 Å². The van der Waals surface area contributed by atoms with Crippen molar-refractivity contribution in [3.8, 4) is 11.1 Å². The molecule has 4 rings (SSSR count). The highest BCUT2D eigenvalue weighted by Crippen LogP contribution is 2.38. The summed E-state index contributed by atoms with van der Waals surface area (Å²) >= 11 is 8.84. The van der Waals surface area contributed by atoms with Gasteiger partial charge in [-0.2, -0.15) is 0 Å². The third-order valence-corrected chi connectivity index (χ3v) is 6.07. The smallest absolute Gasteiger partial charge is 0.234 e. The molecule has 0 aliphatic heterocycles.